The summed E-state index contributed by atoms with van der Waals surface area (Å²) in [6, 6.07) is 0.846. The van der Waals surface area contributed by atoms with Crippen LogP contribution in [0.2, 0.25) is 0 Å². The van der Waals surface area contributed by atoms with Crippen LogP contribution in [0.15, 0.2) is 0 Å². The Balaban J connectivity index is 1.86. The van der Waals surface area contributed by atoms with Gasteiger partial charge in [-0.05, 0) is 57.2 Å². The summed E-state index contributed by atoms with van der Waals surface area (Å²) in [6.07, 6.45) is 11.4. The van der Waals surface area contributed by atoms with E-state index in [1.807, 2.05) is 0 Å². The van der Waals surface area contributed by atoms with Crippen LogP contribution in [0.5, 0.6) is 0 Å². The molecule has 0 bridgehead atoms. The maximum absolute atomic E-state index is 3.59. The van der Waals surface area contributed by atoms with Crippen LogP contribution in [0.1, 0.15) is 65.2 Å². The van der Waals surface area contributed by atoms with E-state index in [-0.39, 0.29) is 0 Å². The molecule has 0 amide bonds. The van der Waals surface area contributed by atoms with Crippen LogP contribution >= 0.6 is 0 Å². The number of hydrogen-bond donors (Lipinski definition) is 1. The minimum Gasteiger partial charge on any atom is -0.316 e. The van der Waals surface area contributed by atoms with Crippen LogP contribution in [-0.2, 0) is 0 Å². The van der Waals surface area contributed by atoms with Gasteiger partial charge in [-0.15, -0.1) is 0 Å². The molecule has 1 atom stereocenters. The zero-order chi connectivity index (χ0) is 13.7. The van der Waals surface area contributed by atoms with Gasteiger partial charge in [0.1, 0.15) is 0 Å². The van der Waals surface area contributed by atoms with E-state index in [2.05, 4.69) is 31.1 Å². The Morgan fingerprint density at radius 1 is 1.00 bits per heavy atom. The SMILES string of the molecule is CN(CC(C)(C)C1CCCNC1)C1CCCCCC1. The predicted molar refractivity (Wildman–Crippen MR) is 83.5 cm³/mol. The normalized spacial score (nSPS) is 27.5. The summed E-state index contributed by atoms with van der Waals surface area (Å²) >= 11 is 0. The second kappa shape index (κ2) is 7.08. The Morgan fingerprint density at radius 3 is 2.26 bits per heavy atom. The third kappa shape index (κ3) is 4.46. The quantitative estimate of drug-likeness (QED) is 0.781. The molecule has 1 N–H and O–H groups in total. The molecule has 2 heteroatoms. The van der Waals surface area contributed by atoms with Crippen LogP contribution in [0.25, 0.3) is 0 Å². The second-order valence-corrected chi connectivity index (χ2v) is 7.59. The molecule has 1 saturated heterocycles. The number of piperidine rings is 1. The highest BCUT2D eigenvalue weighted by atomic mass is 15.1. The van der Waals surface area contributed by atoms with E-state index in [1.165, 1.54) is 71.0 Å². The fourth-order valence-electron chi connectivity index (χ4n) is 4.12. The Bertz CT molecular complexity index is 248. The molecular formula is C17H34N2. The van der Waals surface area contributed by atoms with Crippen molar-refractivity contribution >= 4 is 0 Å². The first-order valence-electron chi connectivity index (χ1n) is 8.50. The fraction of sp³-hybridized carbons (Fsp3) is 1.00. The summed E-state index contributed by atoms with van der Waals surface area (Å²) in [4.78, 5) is 2.68. The van der Waals surface area contributed by atoms with Crippen molar-refractivity contribution in [3.05, 3.63) is 0 Å². The molecule has 2 fully saturated rings. The first-order chi connectivity index (χ1) is 9.09. The standard InChI is InChI=1S/C17H34N2/c1-17(2,15-9-8-12-18-13-15)14-19(3)16-10-6-4-5-7-11-16/h15-16,18H,4-14H2,1-3H3. The van der Waals surface area contributed by atoms with Gasteiger partial charge in [0.15, 0.2) is 0 Å². The van der Waals surface area contributed by atoms with Gasteiger partial charge in [0, 0.05) is 12.6 Å². The summed E-state index contributed by atoms with van der Waals surface area (Å²) in [5.74, 6) is 0.856. The molecule has 19 heavy (non-hydrogen) atoms. The molecule has 0 radical (unpaired) electrons. The molecule has 2 aliphatic rings. The molecule has 1 heterocycles. The third-order valence-corrected chi connectivity index (χ3v) is 5.51. The van der Waals surface area contributed by atoms with E-state index in [0.717, 1.165) is 12.0 Å². The van der Waals surface area contributed by atoms with E-state index in [0.29, 0.717) is 5.41 Å². The Morgan fingerprint density at radius 2 is 1.68 bits per heavy atom. The van der Waals surface area contributed by atoms with Crippen molar-refractivity contribution in [2.24, 2.45) is 11.3 Å². The van der Waals surface area contributed by atoms with Crippen molar-refractivity contribution in [1.82, 2.24) is 10.2 Å². The summed E-state index contributed by atoms with van der Waals surface area (Å²) in [5.41, 5.74) is 0.453. The van der Waals surface area contributed by atoms with Crippen molar-refractivity contribution in [3.8, 4) is 0 Å². The van der Waals surface area contributed by atoms with Gasteiger partial charge in [0.2, 0.25) is 0 Å². The average molecular weight is 266 g/mol. The summed E-state index contributed by atoms with van der Waals surface area (Å²) in [6.45, 7) is 8.69. The summed E-state index contributed by atoms with van der Waals surface area (Å²) < 4.78 is 0. The van der Waals surface area contributed by atoms with Gasteiger partial charge in [0.05, 0.1) is 0 Å². The predicted octanol–water partition coefficient (Wildman–Crippen LogP) is 3.67. The van der Waals surface area contributed by atoms with Crippen LogP contribution in [0, 0.1) is 11.3 Å². The van der Waals surface area contributed by atoms with E-state index < -0.39 is 0 Å². The highest BCUT2D eigenvalue weighted by Gasteiger charge is 2.33. The van der Waals surface area contributed by atoms with Crippen LogP contribution in [0.4, 0.5) is 0 Å². The fourth-order valence-corrected chi connectivity index (χ4v) is 4.12. The molecule has 1 saturated carbocycles. The van der Waals surface area contributed by atoms with Gasteiger partial charge < -0.3 is 10.2 Å². The van der Waals surface area contributed by atoms with Crippen molar-refractivity contribution in [1.29, 1.82) is 0 Å². The lowest BCUT2D eigenvalue weighted by molar-refractivity contribution is 0.0865. The molecule has 0 spiro atoms. The second-order valence-electron chi connectivity index (χ2n) is 7.59. The Hall–Kier alpha value is -0.0800. The summed E-state index contributed by atoms with van der Waals surface area (Å²) in [5, 5.41) is 3.59. The number of hydrogen-bond acceptors (Lipinski definition) is 2. The van der Waals surface area contributed by atoms with Crippen LogP contribution in [0.3, 0.4) is 0 Å². The minimum absolute atomic E-state index is 0.453. The van der Waals surface area contributed by atoms with Crippen molar-refractivity contribution in [2.75, 3.05) is 26.7 Å². The van der Waals surface area contributed by atoms with Crippen molar-refractivity contribution in [2.45, 2.75) is 71.3 Å². The summed E-state index contributed by atoms with van der Waals surface area (Å²) in [7, 11) is 2.37. The lowest BCUT2D eigenvalue weighted by Crippen LogP contribution is -2.46. The molecule has 0 aromatic rings. The maximum Gasteiger partial charge on any atom is 0.00924 e. The zero-order valence-corrected chi connectivity index (χ0v) is 13.4. The van der Waals surface area contributed by atoms with Crippen molar-refractivity contribution < 1.29 is 0 Å². The number of nitrogens with zero attached hydrogens (tertiary/aromatic N) is 1. The highest BCUT2D eigenvalue weighted by molar-refractivity contribution is 4.86. The van der Waals surface area contributed by atoms with Gasteiger partial charge in [0.25, 0.3) is 0 Å². The van der Waals surface area contributed by atoms with Gasteiger partial charge in [-0.3, -0.25) is 0 Å². The smallest absolute Gasteiger partial charge is 0.00924 e. The monoisotopic (exact) mass is 266 g/mol. The minimum atomic E-state index is 0.453. The van der Waals surface area contributed by atoms with Gasteiger partial charge in [-0.1, -0.05) is 39.5 Å². The number of rotatable bonds is 4. The number of nitrogens with one attached hydrogen (secondary N) is 1. The molecule has 0 aromatic heterocycles. The topological polar surface area (TPSA) is 15.3 Å². The van der Waals surface area contributed by atoms with Crippen molar-refractivity contribution in [3.63, 3.8) is 0 Å². The lowest BCUT2D eigenvalue weighted by atomic mass is 9.74. The molecule has 2 rings (SSSR count). The van der Waals surface area contributed by atoms with Gasteiger partial charge in [-0.25, -0.2) is 0 Å². The van der Waals surface area contributed by atoms with E-state index in [4.69, 9.17) is 0 Å². The van der Waals surface area contributed by atoms with Gasteiger partial charge >= 0.3 is 0 Å². The van der Waals surface area contributed by atoms with E-state index >= 15 is 0 Å². The average Bonchev–Trinajstić information content (AvgIpc) is 2.68. The zero-order valence-electron chi connectivity index (χ0n) is 13.4. The molecule has 1 aliphatic heterocycles. The molecular weight excluding hydrogens is 232 g/mol. The third-order valence-electron chi connectivity index (χ3n) is 5.51. The van der Waals surface area contributed by atoms with E-state index in [1.54, 1.807) is 0 Å². The molecule has 1 aliphatic carbocycles. The largest absolute Gasteiger partial charge is 0.316 e. The Labute approximate surface area is 120 Å². The molecule has 1 unspecified atom stereocenters. The highest BCUT2D eigenvalue weighted by Crippen LogP contribution is 2.34. The van der Waals surface area contributed by atoms with E-state index in [9.17, 15) is 0 Å². The lowest BCUT2D eigenvalue weighted by Gasteiger charge is -2.42. The van der Waals surface area contributed by atoms with Crippen LogP contribution in [-0.4, -0.2) is 37.6 Å². The van der Waals surface area contributed by atoms with Crippen LogP contribution < -0.4 is 5.32 Å². The molecule has 0 aromatic carbocycles. The molecule has 2 nitrogen and oxygen atoms in total. The maximum atomic E-state index is 3.59. The van der Waals surface area contributed by atoms with Gasteiger partial charge in [-0.2, -0.15) is 0 Å². The molecule has 112 valence electrons. The Kier molecular flexibility index (Phi) is 5.70. The first-order valence-corrected chi connectivity index (χ1v) is 8.50. The first kappa shape index (κ1) is 15.3.